The Morgan fingerprint density at radius 1 is 1.27 bits per heavy atom. The molecular formula is C14H12N6O2. The van der Waals surface area contributed by atoms with Crippen LogP contribution in [0.15, 0.2) is 63.1 Å². The van der Waals surface area contributed by atoms with Crippen LogP contribution in [0.2, 0.25) is 0 Å². The zero-order valence-corrected chi connectivity index (χ0v) is 11.4. The zero-order valence-electron chi connectivity index (χ0n) is 11.4. The third-order valence-corrected chi connectivity index (χ3v) is 3.10. The summed E-state index contributed by atoms with van der Waals surface area (Å²) in [5.74, 6) is -0.443. The average Bonchev–Trinajstić information content (AvgIpc) is 3.11. The number of aliphatic carboxylic acids is 1. The topological polar surface area (TPSA) is 129 Å². The van der Waals surface area contributed by atoms with Gasteiger partial charge in [0.25, 0.3) is 0 Å². The van der Waals surface area contributed by atoms with Crippen molar-refractivity contribution in [3.05, 3.63) is 47.7 Å². The lowest BCUT2D eigenvalue weighted by atomic mass is 10.0. The number of aromatic nitrogens is 2. The predicted molar refractivity (Wildman–Crippen MR) is 81.2 cm³/mol. The Kier molecular flexibility index (Phi) is 3.48. The van der Waals surface area contributed by atoms with E-state index < -0.39 is 5.97 Å². The smallest absolute Gasteiger partial charge is 0.331 e. The van der Waals surface area contributed by atoms with Crippen molar-refractivity contribution in [1.29, 1.82) is 0 Å². The van der Waals surface area contributed by atoms with E-state index in [4.69, 9.17) is 10.8 Å². The number of fused-ring (bicyclic) bond motifs is 2. The number of nitrogen functional groups attached to an aromatic ring is 1. The van der Waals surface area contributed by atoms with E-state index in [1.165, 1.54) is 6.08 Å². The zero-order chi connectivity index (χ0) is 15.5. The number of allylic oxidation sites excluding steroid dienone is 3. The van der Waals surface area contributed by atoms with Gasteiger partial charge < -0.3 is 15.8 Å². The second kappa shape index (κ2) is 5.60. The number of nitrogens with two attached hydrogens (primary N) is 1. The number of hydrogen-bond acceptors (Lipinski definition) is 6. The van der Waals surface area contributed by atoms with Crippen LogP contribution in [0.5, 0.6) is 0 Å². The highest BCUT2D eigenvalue weighted by Crippen LogP contribution is 2.21. The van der Waals surface area contributed by atoms with Gasteiger partial charge in [0.1, 0.15) is 5.70 Å². The summed E-state index contributed by atoms with van der Waals surface area (Å²) < 4.78 is 0. The Labute approximate surface area is 124 Å². The first-order valence-corrected chi connectivity index (χ1v) is 6.46. The summed E-state index contributed by atoms with van der Waals surface area (Å²) in [5, 5.41) is 19.5. The van der Waals surface area contributed by atoms with E-state index in [2.05, 4.69) is 25.4 Å². The molecule has 4 N–H and O–H groups in total. The highest BCUT2D eigenvalue weighted by Gasteiger charge is 2.20. The van der Waals surface area contributed by atoms with Crippen molar-refractivity contribution < 1.29 is 9.90 Å². The van der Waals surface area contributed by atoms with Crippen LogP contribution in [0.25, 0.3) is 11.0 Å². The quantitative estimate of drug-likeness (QED) is 0.745. The molecule has 1 aromatic heterocycles. The van der Waals surface area contributed by atoms with E-state index in [1.807, 2.05) is 24.3 Å². The maximum atomic E-state index is 10.5. The molecule has 0 unspecified atom stereocenters. The van der Waals surface area contributed by atoms with Crippen molar-refractivity contribution >= 4 is 28.7 Å². The predicted octanol–water partition coefficient (Wildman–Crippen LogP) is 2.25. The molecule has 0 fully saturated rings. The van der Waals surface area contributed by atoms with E-state index in [0.717, 1.165) is 11.0 Å². The molecule has 0 spiro atoms. The number of aromatic amines is 1. The second-order valence-electron chi connectivity index (χ2n) is 4.60. The van der Waals surface area contributed by atoms with Gasteiger partial charge in [-0.2, -0.15) is 0 Å². The number of benzene rings is 1. The van der Waals surface area contributed by atoms with Crippen molar-refractivity contribution in [3.63, 3.8) is 0 Å². The SMILES string of the molecule is Nc1nc2ccccc2[nH]1.O=C(O)C1=CC=C2N=NN=C2C1. The molecule has 0 radical (unpaired) electrons. The Morgan fingerprint density at radius 2 is 2.09 bits per heavy atom. The van der Waals surface area contributed by atoms with Crippen LogP contribution in [0, 0.1) is 0 Å². The van der Waals surface area contributed by atoms with E-state index in [1.54, 1.807) is 6.08 Å². The molecule has 4 rings (SSSR count). The maximum Gasteiger partial charge on any atom is 0.331 e. The first-order valence-electron chi connectivity index (χ1n) is 6.46. The van der Waals surface area contributed by atoms with Gasteiger partial charge in [0, 0.05) is 12.0 Å². The van der Waals surface area contributed by atoms with Crippen LogP contribution in [-0.2, 0) is 4.79 Å². The molecule has 1 aliphatic heterocycles. The molecule has 8 heteroatoms. The fourth-order valence-corrected chi connectivity index (χ4v) is 2.03. The largest absolute Gasteiger partial charge is 0.478 e. The Balaban J connectivity index is 0.000000133. The van der Waals surface area contributed by atoms with Crippen molar-refractivity contribution in [2.24, 2.45) is 15.4 Å². The van der Waals surface area contributed by atoms with E-state index in [9.17, 15) is 4.79 Å². The number of carbonyl (C=O) groups is 1. The van der Waals surface area contributed by atoms with E-state index in [0.29, 0.717) is 29.4 Å². The molecule has 8 nitrogen and oxygen atoms in total. The number of H-pyrrole nitrogens is 1. The standard InChI is InChI=1S/C7H5N3O2.C7H7N3/c11-7(12)4-1-2-5-6(3-4)9-10-8-5;8-7-9-5-3-1-2-4-6(5)10-7/h1-2H,3H2,(H,11,12);1-4H,(H3,8,9,10). The summed E-state index contributed by atoms with van der Waals surface area (Å²) in [7, 11) is 0. The summed E-state index contributed by atoms with van der Waals surface area (Å²) in [5.41, 5.74) is 8.95. The number of carboxylic acids is 1. The molecule has 1 aromatic carbocycles. The van der Waals surface area contributed by atoms with Gasteiger partial charge in [-0.05, 0) is 29.5 Å². The minimum absolute atomic E-state index is 0.314. The number of hydrogen-bond donors (Lipinski definition) is 3. The van der Waals surface area contributed by atoms with Gasteiger partial charge in [0.2, 0.25) is 0 Å². The normalized spacial score (nSPS) is 15.4. The molecule has 2 aromatic rings. The summed E-state index contributed by atoms with van der Waals surface area (Å²) >= 11 is 0. The fraction of sp³-hybridized carbons (Fsp3) is 0.0714. The molecular weight excluding hydrogens is 284 g/mol. The van der Waals surface area contributed by atoms with Crippen LogP contribution in [0.3, 0.4) is 0 Å². The average molecular weight is 296 g/mol. The number of imidazole rings is 1. The molecule has 1 aliphatic carbocycles. The molecule has 2 heterocycles. The highest BCUT2D eigenvalue weighted by atomic mass is 16.4. The van der Waals surface area contributed by atoms with Crippen LogP contribution in [0.1, 0.15) is 6.42 Å². The van der Waals surface area contributed by atoms with Crippen molar-refractivity contribution in [2.45, 2.75) is 6.42 Å². The molecule has 110 valence electrons. The second-order valence-corrected chi connectivity index (χ2v) is 4.60. The van der Waals surface area contributed by atoms with Gasteiger partial charge in [-0.25, -0.2) is 9.78 Å². The van der Waals surface area contributed by atoms with Gasteiger partial charge in [-0.15, -0.1) is 10.2 Å². The van der Waals surface area contributed by atoms with E-state index >= 15 is 0 Å². The van der Waals surface area contributed by atoms with Gasteiger partial charge in [-0.3, -0.25) is 0 Å². The van der Waals surface area contributed by atoms with Crippen LogP contribution in [0.4, 0.5) is 5.95 Å². The van der Waals surface area contributed by atoms with Gasteiger partial charge in [0.15, 0.2) is 5.95 Å². The third-order valence-electron chi connectivity index (χ3n) is 3.10. The van der Waals surface area contributed by atoms with Crippen LogP contribution in [-0.4, -0.2) is 26.8 Å². The monoisotopic (exact) mass is 296 g/mol. The lowest BCUT2D eigenvalue weighted by Gasteiger charge is -2.05. The van der Waals surface area contributed by atoms with Crippen LogP contribution < -0.4 is 5.73 Å². The van der Waals surface area contributed by atoms with Gasteiger partial charge in [-0.1, -0.05) is 12.1 Å². The number of carboxylic acid groups (broad SMARTS) is 1. The van der Waals surface area contributed by atoms with Crippen molar-refractivity contribution in [2.75, 3.05) is 5.73 Å². The number of rotatable bonds is 1. The Bertz CT molecular complexity index is 826. The number of nitrogens with one attached hydrogen (secondary N) is 1. The molecule has 2 aliphatic rings. The maximum absolute atomic E-state index is 10.5. The Hall–Kier alpha value is -3.29. The summed E-state index contributed by atoms with van der Waals surface area (Å²) in [6.07, 6.45) is 3.46. The molecule has 0 saturated heterocycles. The number of nitrogens with zero attached hydrogens (tertiary/aromatic N) is 4. The molecule has 0 amide bonds. The van der Waals surface area contributed by atoms with Crippen LogP contribution >= 0.6 is 0 Å². The minimum Gasteiger partial charge on any atom is -0.478 e. The van der Waals surface area contributed by atoms with E-state index in [-0.39, 0.29) is 0 Å². The highest BCUT2D eigenvalue weighted by molar-refractivity contribution is 6.08. The summed E-state index contributed by atoms with van der Waals surface area (Å²) in [6, 6.07) is 7.74. The molecule has 22 heavy (non-hydrogen) atoms. The summed E-state index contributed by atoms with van der Waals surface area (Å²) in [6.45, 7) is 0. The fourth-order valence-electron chi connectivity index (χ4n) is 2.03. The van der Waals surface area contributed by atoms with Gasteiger partial charge in [0.05, 0.1) is 16.7 Å². The first kappa shape index (κ1) is 13.7. The Morgan fingerprint density at radius 3 is 2.86 bits per heavy atom. The molecule has 0 saturated carbocycles. The third kappa shape index (κ3) is 2.75. The van der Waals surface area contributed by atoms with Crippen molar-refractivity contribution in [1.82, 2.24) is 9.97 Å². The number of para-hydroxylation sites is 2. The lowest BCUT2D eigenvalue weighted by Crippen LogP contribution is -2.10. The summed E-state index contributed by atoms with van der Waals surface area (Å²) in [4.78, 5) is 17.5. The number of anilines is 1. The minimum atomic E-state index is -0.917. The lowest BCUT2D eigenvalue weighted by molar-refractivity contribution is -0.132. The molecule has 0 atom stereocenters. The van der Waals surface area contributed by atoms with Crippen molar-refractivity contribution in [3.8, 4) is 0 Å². The van der Waals surface area contributed by atoms with Gasteiger partial charge >= 0.3 is 5.97 Å². The molecule has 0 bridgehead atoms. The first-order chi connectivity index (χ1) is 10.6.